The number of primary amides is 1. The van der Waals surface area contributed by atoms with E-state index in [1.54, 1.807) is 6.07 Å². The van der Waals surface area contributed by atoms with E-state index in [0.717, 1.165) is 39.8 Å². The average Bonchev–Trinajstić information content (AvgIpc) is 3.21. The van der Waals surface area contributed by atoms with Crippen LogP contribution in [0.15, 0.2) is 108 Å². The number of halogens is 1. The molecule has 0 saturated carbocycles. The summed E-state index contributed by atoms with van der Waals surface area (Å²) < 4.78 is 15.5. The van der Waals surface area contributed by atoms with Crippen LogP contribution in [-0.2, 0) is 22.4 Å². The molecule has 1 unspecified atom stereocenters. The average molecular weight is 752 g/mol. The molecule has 4 rings (SSSR count). The molecule has 1 aliphatic rings. The molecular formula is C51H74FNO2. The fourth-order valence-corrected chi connectivity index (χ4v) is 5.86. The second-order valence-electron chi connectivity index (χ2n) is 12.7. The summed E-state index contributed by atoms with van der Waals surface area (Å²) in [4.78, 5) is 23.4. The molecule has 3 aromatic carbocycles. The molecule has 2 N–H and O–H groups in total. The van der Waals surface area contributed by atoms with Crippen molar-refractivity contribution in [1.82, 2.24) is 0 Å². The van der Waals surface area contributed by atoms with Gasteiger partial charge in [0.25, 0.3) is 0 Å². The van der Waals surface area contributed by atoms with E-state index in [1.807, 2.05) is 120 Å². The number of amides is 1. The lowest BCUT2D eigenvalue weighted by Crippen LogP contribution is -2.32. The Bertz CT molecular complexity index is 1830. The van der Waals surface area contributed by atoms with Crippen LogP contribution in [0.25, 0.3) is 28.3 Å². The van der Waals surface area contributed by atoms with Crippen LogP contribution in [0.3, 0.4) is 0 Å². The number of Topliss-reactive ketones (excluding diaryl/α,β-unsaturated/α-hetero) is 1. The topological polar surface area (TPSA) is 60.2 Å². The Kier molecular flexibility index (Phi) is 26.4. The van der Waals surface area contributed by atoms with Gasteiger partial charge in [-0.15, -0.1) is 11.5 Å². The van der Waals surface area contributed by atoms with Crippen molar-refractivity contribution in [2.45, 2.75) is 130 Å². The molecule has 0 heterocycles. The normalized spacial score (nSPS) is 12.9. The van der Waals surface area contributed by atoms with Gasteiger partial charge in [-0.2, -0.15) is 0 Å². The monoisotopic (exact) mass is 752 g/mol. The van der Waals surface area contributed by atoms with Crippen LogP contribution < -0.4 is 5.73 Å². The van der Waals surface area contributed by atoms with Crippen LogP contribution in [0.5, 0.6) is 0 Å². The maximum absolute atomic E-state index is 15.5. The number of hydrogen-bond donors (Lipinski definition) is 1. The Labute approximate surface area is 337 Å². The fraction of sp³-hybridized carbons (Fsp3) is 0.412. The molecule has 1 atom stereocenters. The van der Waals surface area contributed by atoms with Gasteiger partial charge in [-0.05, 0) is 102 Å². The summed E-state index contributed by atoms with van der Waals surface area (Å²) in [7, 11) is 0. The number of ketones is 1. The van der Waals surface area contributed by atoms with Gasteiger partial charge in [0.05, 0.1) is 0 Å². The number of rotatable bonds is 9. The molecule has 3 nitrogen and oxygen atoms in total. The maximum Gasteiger partial charge on any atom is 0.223 e. The van der Waals surface area contributed by atoms with Crippen molar-refractivity contribution in [3.63, 3.8) is 0 Å². The Morgan fingerprint density at radius 3 is 2.02 bits per heavy atom. The zero-order chi connectivity index (χ0) is 42.9. The highest BCUT2D eigenvalue weighted by Crippen LogP contribution is 2.37. The molecule has 1 amide bonds. The Morgan fingerprint density at radius 1 is 0.945 bits per heavy atom. The highest BCUT2D eigenvalue weighted by atomic mass is 19.1. The molecule has 0 spiro atoms. The highest BCUT2D eigenvalue weighted by molar-refractivity contribution is 6.01. The molecule has 55 heavy (non-hydrogen) atoms. The Hall–Kier alpha value is -4.75. The zero-order valence-corrected chi connectivity index (χ0v) is 37.0. The van der Waals surface area contributed by atoms with Crippen LogP contribution in [0, 0.1) is 24.1 Å². The smallest absolute Gasteiger partial charge is 0.223 e. The molecule has 0 bridgehead atoms. The largest absolute Gasteiger partial charge is 0.369 e. The Morgan fingerprint density at radius 2 is 1.51 bits per heavy atom. The third-order valence-corrected chi connectivity index (χ3v) is 9.03. The molecule has 0 aliphatic heterocycles. The van der Waals surface area contributed by atoms with Crippen molar-refractivity contribution in [2.24, 2.45) is 17.1 Å². The van der Waals surface area contributed by atoms with Gasteiger partial charge in [-0.3, -0.25) is 9.59 Å². The summed E-state index contributed by atoms with van der Waals surface area (Å²) in [5, 5.41) is 0. The molecule has 3 aromatic rings. The second kappa shape index (κ2) is 27.8. The van der Waals surface area contributed by atoms with E-state index in [-0.39, 0.29) is 24.9 Å². The number of carbonyl (C=O) groups is 2. The van der Waals surface area contributed by atoms with E-state index >= 15 is 4.39 Å². The minimum Gasteiger partial charge on any atom is -0.369 e. The lowest BCUT2D eigenvalue weighted by Gasteiger charge is -2.21. The van der Waals surface area contributed by atoms with Gasteiger partial charge < -0.3 is 5.73 Å². The van der Waals surface area contributed by atoms with Crippen LogP contribution in [0.4, 0.5) is 4.39 Å². The van der Waals surface area contributed by atoms with Crippen molar-refractivity contribution in [1.29, 1.82) is 0 Å². The van der Waals surface area contributed by atoms with Gasteiger partial charge in [0.15, 0.2) is 5.78 Å². The van der Waals surface area contributed by atoms with Gasteiger partial charge in [0.1, 0.15) is 5.82 Å². The SMILES string of the molecule is C/C=C\c1cc(-c2cccc(-c3ccccc3C)c2CC)cc(F)c1CCC(C)(C)C(N)=O.C=C=C(C)C1=CC(C)C(=C=C)CC1=O.CC.CC.CC.CC.[HH]. The number of benzene rings is 3. The molecule has 0 fully saturated rings. The third-order valence-electron chi connectivity index (χ3n) is 9.03. The van der Waals surface area contributed by atoms with E-state index in [2.05, 4.69) is 74.9 Å². The molecule has 0 saturated heterocycles. The van der Waals surface area contributed by atoms with Gasteiger partial charge in [-0.25, -0.2) is 4.39 Å². The molecular weight excluding hydrogens is 678 g/mol. The van der Waals surface area contributed by atoms with Crippen LogP contribution in [0.1, 0.15) is 133 Å². The minimum absolute atomic E-state index is 0. The standard InChI is InChI=1S/C30H34FNO.C13H14O.4C2H6.H2/c1-6-11-21-18-22(19-28(31)26(21)16-17-30(4,5)29(32)33)25-14-10-15-27(23(25)7-2)24-13-9-8-12-20(24)3;1-5-9(3)12-7-10(4)11(6-2)8-13(12)14;4*1-2;/h6,8-15,18-19H,7,16-17H2,1-5H3,(H2,32,33);7,10H,1-2,8H2,3-4H3;4*1-2H3;1H/b11-6-;;;;;;. The lowest BCUT2D eigenvalue weighted by atomic mass is 9.83. The van der Waals surface area contributed by atoms with Gasteiger partial charge >= 0.3 is 0 Å². The highest BCUT2D eigenvalue weighted by Gasteiger charge is 2.26. The minimum atomic E-state index is -0.685. The molecule has 302 valence electrons. The van der Waals surface area contributed by atoms with E-state index in [4.69, 9.17) is 5.73 Å². The summed E-state index contributed by atoms with van der Waals surface area (Å²) in [6.07, 6.45) is 8.01. The molecule has 0 radical (unpaired) electrons. The summed E-state index contributed by atoms with van der Waals surface area (Å²) in [6.45, 7) is 36.8. The van der Waals surface area contributed by atoms with E-state index in [9.17, 15) is 9.59 Å². The number of hydrogen-bond acceptors (Lipinski definition) is 2. The van der Waals surface area contributed by atoms with Crippen molar-refractivity contribution in [3.8, 4) is 22.3 Å². The van der Waals surface area contributed by atoms with Gasteiger partial charge in [-0.1, -0.05) is 157 Å². The number of aryl methyl sites for hydroxylation is 1. The number of allylic oxidation sites excluding steroid dienone is 5. The predicted molar refractivity (Wildman–Crippen MR) is 243 cm³/mol. The summed E-state index contributed by atoms with van der Waals surface area (Å²) in [5.41, 5.74) is 21.1. The molecule has 1 aliphatic carbocycles. The van der Waals surface area contributed by atoms with Crippen molar-refractivity contribution < 1.29 is 15.4 Å². The summed E-state index contributed by atoms with van der Waals surface area (Å²) in [5.74, 6) is -0.261. The van der Waals surface area contributed by atoms with E-state index in [1.165, 1.54) is 22.3 Å². The van der Waals surface area contributed by atoms with Crippen molar-refractivity contribution in [3.05, 3.63) is 136 Å². The van der Waals surface area contributed by atoms with Crippen molar-refractivity contribution in [2.75, 3.05) is 0 Å². The quantitative estimate of drug-likeness (QED) is 0.221. The van der Waals surface area contributed by atoms with Crippen molar-refractivity contribution >= 4 is 17.8 Å². The first-order valence-corrected chi connectivity index (χ1v) is 20.2. The lowest BCUT2D eigenvalue weighted by molar-refractivity contribution is -0.126. The summed E-state index contributed by atoms with van der Waals surface area (Å²) in [6, 6.07) is 18.3. The Balaban J connectivity index is -0.00000102. The first-order chi connectivity index (χ1) is 26.3. The summed E-state index contributed by atoms with van der Waals surface area (Å²) >= 11 is 0. The first kappa shape index (κ1) is 52.4. The maximum atomic E-state index is 15.5. The second-order valence-corrected chi connectivity index (χ2v) is 12.7. The fourth-order valence-electron chi connectivity index (χ4n) is 5.86. The van der Waals surface area contributed by atoms with Crippen LogP contribution in [-0.4, -0.2) is 11.7 Å². The van der Waals surface area contributed by atoms with Gasteiger partial charge in [0, 0.05) is 30.3 Å². The van der Waals surface area contributed by atoms with Crippen LogP contribution >= 0.6 is 0 Å². The van der Waals surface area contributed by atoms with Gasteiger partial charge in [0.2, 0.25) is 5.91 Å². The van der Waals surface area contributed by atoms with Crippen LogP contribution in [0.2, 0.25) is 0 Å². The third kappa shape index (κ3) is 15.1. The molecule has 4 heteroatoms. The number of nitrogens with two attached hydrogens (primary N) is 1. The molecule has 0 aromatic heterocycles. The number of carbonyl (C=O) groups excluding carboxylic acids is 2. The zero-order valence-electron chi connectivity index (χ0n) is 37.0. The first-order valence-electron chi connectivity index (χ1n) is 20.2. The van der Waals surface area contributed by atoms with E-state index < -0.39 is 5.41 Å². The van der Waals surface area contributed by atoms with E-state index in [0.29, 0.717) is 24.8 Å². The predicted octanol–water partition coefficient (Wildman–Crippen LogP) is 14.8.